The van der Waals surface area contributed by atoms with Crippen LogP contribution in [0.3, 0.4) is 0 Å². The molecule has 0 N–H and O–H groups in total. The molecule has 0 aliphatic heterocycles. The summed E-state index contributed by atoms with van der Waals surface area (Å²) in [5.74, 6) is 0. The van der Waals surface area contributed by atoms with E-state index in [1.165, 1.54) is 11.1 Å². The van der Waals surface area contributed by atoms with Crippen LogP contribution in [0.25, 0.3) is 5.57 Å². The molecule has 0 heteroatoms. The van der Waals surface area contributed by atoms with E-state index >= 15 is 0 Å². The SMILES string of the molecule is C=C/C=C(\C=C/C)c1ccccc1.CC.CC.CC.CC. The Kier molecular flexibility index (Phi) is 41.0. The van der Waals surface area contributed by atoms with Crippen LogP contribution in [0.1, 0.15) is 67.9 Å². The zero-order valence-corrected chi connectivity index (χ0v) is 15.9. The van der Waals surface area contributed by atoms with Crippen molar-refractivity contribution in [3.63, 3.8) is 0 Å². The summed E-state index contributed by atoms with van der Waals surface area (Å²) in [7, 11) is 0. The van der Waals surface area contributed by atoms with Crippen LogP contribution in [0.4, 0.5) is 0 Å². The predicted molar refractivity (Wildman–Crippen MR) is 105 cm³/mol. The summed E-state index contributed by atoms with van der Waals surface area (Å²) in [4.78, 5) is 0. The van der Waals surface area contributed by atoms with Gasteiger partial charge in [-0.1, -0.05) is 117 Å². The first-order valence-corrected chi connectivity index (χ1v) is 8.39. The predicted octanol–water partition coefficient (Wildman–Crippen LogP) is 7.94. The lowest BCUT2D eigenvalue weighted by molar-refractivity contribution is 1.50. The highest BCUT2D eigenvalue weighted by molar-refractivity contribution is 5.74. The van der Waals surface area contributed by atoms with Gasteiger partial charge in [-0.3, -0.25) is 0 Å². The molecule has 0 saturated carbocycles. The van der Waals surface area contributed by atoms with Crippen molar-refractivity contribution in [2.75, 3.05) is 0 Å². The van der Waals surface area contributed by atoms with Gasteiger partial charge in [0.05, 0.1) is 0 Å². The highest BCUT2D eigenvalue weighted by atomic mass is 14.0. The first-order chi connectivity index (χ1) is 10.4. The number of benzene rings is 1. The van der Waals surface area contributed by atoms with Crippen molar-refractivity contribution >= 4 is 5.57 Å². The van der Waals surface area contributed by atoms with Crippen LogP contribution < -0.4 is 0 Å². The molecule has 0 aromatic heterocycles. The maximum Gasteiger partial charge on any atom is -0.0184 e. The van der Waals surface area contributed by atoms with Gasteiger partial charge in [0.2, 0.25) is 0 Å². The minimum atomic E-state index is 1.19. The van der Waals surface area contributed by atoms with Crippen molar-refractivity contribution in [3.8, 4) is 0 Å². The van der Waals surface area contributed by atoms with Gasteiger partial charge in [-0.25, -0.2) is 0 Å². The molecule has 0 amide bonds. The lowest BCUT2D eigenvalue weighted by Crippen LogP contribution is -1.78. The maximum atomic E-state index is 3.70. The van der Waals surface area contributed by atoms with E-state index in [9.17, 15) is 0 Å². The monoisotopic (exact) mass is 290 g/mol. The second kappa shape index (κ2) is 31.0. The van der Waals surface area contributed by atoms with Gasteiger partial charge in [0.1, 0.15) is 0 Å². The van der Waals surface area contributed by atoms with Crippen molar-refractivity contribution < 1.29 is 0 Å². The van der Waals surface area contributed by atoms with Crippen LogP contribution in [-0.2, 0) is 0 Å². The normalized spacial score (nSPS) is 8.52. The van der Waals surface area contributed by atoms with Crippen LogP contribution in [0.5, 0.6) is 0 Å². The van der Waals surface area contributed by atoms with Gasteiger partial charge in [-0.2, -0.15) is 0 Å². The van der Waals surface area contributed by atoms with Crippen LogP contribution in [0.2, 0.25) is 0 Å². The Bertz CT molecular complexity index is 315. The van der Waals surface area contributed by atoms with Crippen molar-refractivity contribution in [2.24, 2.45) is 0 Å². The highest BCUT2D eigenvalue weighted by Gasteiger charge is 1.93. The van der Waals surface area contributed by atoms with E-state index in [2.05, 4.69) is 24.8 Å². The van der Waals surface area contributed by atoms with Crippen LogP contribution in [-0.4, -0.2) is 0 Å². The molecule has 0 aliphatic rings. The van der Waals surface area contributed by atoms with E-state index in [0.29, 0.717) is 0 Å². The molecule has 122 valence electrons. The smallest absolute Gasteiger partial charge is 0.0184 e. The van der Waals surface area contributed by atoms with Gasteiger partial charge in [0.15, 0.2) is 0 Å². The molecule has 0 aliphatic carbocycles. The molecule has 0 saturated heterocycles. The summed E-state index contributed by atoms with van der Waals surface area (Å²) in [6.45, 7) is 21.7. The molecule has 21 heavy (non-hydrogen) atoms. The van der Waals surface area contributed by atoms with E-state index < -0.39 is 0 Å². The lowest BCUT2D eigenvalue weighted by atomic mass is 10.1. The molecular weight excluding hydrogens is 252 g/mol. The Morgan fingerprint density at radius 2 is 1.24 bits per heavy atom. The Morgan fingerprint density at radius 3 is 1.57 bits per heavy atom. The average Bonchev–Trinajstić information content (AvgIpc) is 2.62. The van der Waals surface area contributed by atoms with E-state index in [1.807, 2.05) is 98.7 Å². The van der Waals surface area contributed by atoms with Crippen LogP contribution in [0.15, 0.2) is 61.2 Å². The molecule has 0 radical (unpaired) electrons. The molecule has 0 atom stereocenters. The lowest BCUT2D eigenvalue weighted by Gasteiger charge is -1.99. The topological polar surface area (TPSA) is 0 Å². The molecule has 0 bridgehead atoms. The van der Waals surface area contributed by atoms with Crippen LogP contribution in [0, 0.1) is 0 Å². The van der Waals surface area contributed by atoms with E-state index in [1.54, 1.807) is 0 Å². The second-order valence-corrected chi connectivity index (χ2v) is 2.72. The third kappa shape index (κ3) is 18.4. The molecule has 1 rings (SSSR count). The number of allylic oxidation sites excluding steroid dienone is 5. The Hall–Kier alpha value is -1.56. The van der Waals surface area contributed by atoms with Gasteiger partial charge in [-0.05, 0) is 18.1 Å². The van der Waals surface area contributed by atoms with Gasteiger partial charge in [-0.15, -0.1) is 0 Å². The number of hydrogen-bond acceptors (Lipinski definition) is 0. The molecule has 1 aromatic rings. The fourth-order valence-corrected chi connectivity index (χ4v) is 1.19. The van der Waals surface area contributed by atoms with Crippen molar-refractivity contribution in [1.29, 1.82) is 0 Å². The van der Waals surface area contributed by atoms with Crippen molar-refractivity contribution in [1.82, 2.24) is 0 Å². The molecule has 0 nitrogen and oxygen atoms in total. The Balaban J connectivity index is -0.000000156. The Morgan fingerprint density at radius 1 is 0.810 bits per heavy atom. The van der Waals surface area contributed by atoms with Crippen molar-refractivity contribution in [3.05, 3.63) is 66.8 Å². The van der Waals surface area contributed by atoms with E-state index in [4.69, 9.17) is 0 Å². The van der Waals surface area contributed by atoms with Gasteiger partial charge in [0.25, 0.3) is 0 Å². The van der Waals surface area contributed by atoms with E-state index in [0.717, 1.165) is 0 Å². The minimum absolute atomic E-state index is 1.19. The summed E-state index contributed by atoms with van der Waals surface area (Å²) in [5.41, 5.74) is 2.42. The highest BCUT2D eigenvalue weighted by Crippen LogP contribution is 2.15. The molecule has 0 fully saturated rings. The first-order valence-electron chi connectivity index (χ1n) is 8.39. The molecular formula is C21H38. The summed E-state index contributed by atoms with van der Waals surface area (Å²) < 4.78 is 0. The zero-order chi connectivity index (χ0) is 17.5. The molecule has 0 heterocycles. The summed E-state index contributed by atoms with van der Waals surface area (Å²) in [6, 6.07) is 10.3. The number of hydrogen-bond donors (Lipinski definition) is 0. The largest absolute Gasteiger partial charge is 0.0990 e. The van der Waals surface area contributed by atoms with Gasteiger partial charge in [0, 0.05) is 0 Å². The Labute approximate surface area is 135 Å². The standard InChI is InChI=1S/C13H14.4C2H6/c1-3-8-12(9-4-2)13-10-6-5-7-11-13;4*1-2/h3-11H,1H2,2H3;4*1-2H3/b9-4-,12-8+;;;;. The third-order valence-electron chi connectivity index (χ3n) is 1.75. The van der Waals surface area contributed by atoms with Crippen molar-refractivity contribution in [2.45, 2.75) is 62.3 Å². The average molecular weight is 291 g/mol. The van der Waals surface area contributed by atoms with Gasteiger partial charge < -0.3 is 0 Å². The third-order valence-corrected chi connectivity index (χ3v) is 1.75. The molecule has 1 aromatic carbocycles. The maximum absolute atomic E-state index is 3.70. The first kappa shape index (κ1) is 27.7. The summed E-state index contributed by atoms with van der Waals surface area (Å²) in [5, 5.41) is 0. The fourth-order valence-electron chi connectivity index (χ4n) is 1.19. The fraction of sp³-hybridized carbons (Fsp3) is 0.429. The number of rotatable bonds is 3. The molecule has 0 spiro atoms. The summed E-state index contributed by atoms with van der Waals surface area (Å²) in [6.07, 6.45) is 7.93. The zero-order valence-electron chi connectivity index (χ0n) is 15.9. The summed E-state index contributed by atoms with van der Waals surface area (Å²) >= 11 is 0. The quantitative estimate of drug-likeness (QED) is 0.496. The van der Waals surface area contributed by atoms with E-state index in [-0.39, 0.29) is 0 Å². The second-order valence-electron chi connectivity index (χ2n) is 2.72. The van der Waals surface area contributed by atoms with Gasteiger partial charge >= 0.3 is 0 Å². The minimum Gasteiger partial charge on any atom is -0.0990 e. The molecule has 0 unspecified atom stereocenters. The van der Waals surface area contributed by atoms with Crippen LogP contribution >= 0.6 is 0 Å².